The molecule has 1 aliphatic carbocycles. The molecule has 1 atom stereocenters. The van der Waals surface area contributed by atoms with Gasteiger partial charge in [-0.05, 0) is 71.0 Å². The molecule has 1 saturated heterocycles. The first-order valence-corrected chi connectivity index (χ1v) is 8.53. The van der Waals surface area contributed by atoms with Crippen molar-refractivity contribution in [3.63, 3.8) is 0 Å². The van der Waals surface area contributed by atoms with Gasteiger partial charge in [-0.15, -0.1) is 0 Å². The Balaban J connectivity index is 1.72. The third-order valence-corrected chi connectivity index (χ3v) is 4.94. The maximum Gasteiger partial charge on any atom is 0.323 e. The predicted octanol–water partition coefficient (Wildman–Crippen LogP) is 1.12. The topological polar surface area (TPSA) is 67.6 Å². The zero-order chi connectivity index (χ0) is 15.1. The van der Waals surface area contributed by atoms with Gasteiger partial charge in [0.2, 0.25) is 0 Å². The van der Waals surface area contributed by atoms with Crippen LogP contribution in [0.3, 0.4) is 0 Å². The summed E-state index contributed by atoms with van der Waals surface area (Å²) in [5.74, 6) is 0.571. The molecule has 21 heavy (non-hydrogen) atoms. The van der Waals surface area contributed by atoms with Crippen molar-refractivity contribution >= 4 is 5.97 Å². The number of nitrogens with two attached hydrogens (primary N) is 1. The Bertz CT molecular complexity index is 311. The van der Waals surface area contributed by atoms with Crippen LogP contribution in [0.25, 0.3) is 0 Å². The minimum atomic E-state index is -0.142. The van der Waals surface area contributed by atoms with Crippen LogP contribution in [0.1, 0.15) is 44.9 Å². The van der Waals surface area contributed by atoms with Crippen molar-refractivity contribution in [2.75, 3.05) is 33.2 Å². The van der Waals surface area contributed by atoms with Crippen LogP contribution < -0.4 is 11.1 Å². The zero-order valence-corrected chi connectivity index (χ0v) is 13.4. The number of esters is 1. The summed E-state index contributed by atoms with van der Waals surface area (Å²) in [6.07, 6.45) is 7.87. The Hall–Kier alpha value is -0.650. The Labute approximate surface area is 128 Å². The molecule has 1 unspecified atom stereocenters. The van der Waals surface area contributed by atoms with E-state index in [2.05, 4.69) is 10.2 Å². The molecule has 0 amide bonds. The van der Waals surface area contributed by atoms with Gasteiger partial charge in [0, 0.05) is 13.1 Å². The van der Waals surface area contributed by atoms with Crippen LogP contribution in [0.4, 0.5) is 0 Å². The maximum absolute atomic E-state index is 12.3. The average molecular weight is 297 g/mol. The quantitative estimate of drug-likeness (QED) is 0.689. The van der Waals surface area contributed by atoms with E-state index in [1.54, 1.807) is 0 Å². The smallest absolute Gasteiger partial charge is 0.323 e. The van der Waals surface area contributed by atoms with E-state index < -0.39 is 0 Å². The van der Waals surface area contributed by atoms with Crippen LogP contribution in [-0.2, 0) is 9.53 Å². The van der Waals surface area contributed by atoms with E-state index in [4.69, 9.17) is 10.5 Å². The number of carbonyl (C=O) groups excluding carboxylic acids is 1. The Morgan fingerprint density at radius 2 is 1.95 bits per heavy atom. The van der Waals surface area contributed by atoms with Gasteiger partial charge in [0.25, 0.3) is 0 Å². The minimum Gasteiger partial charge on any atom is -0.461 e. The first-order valence-electron chi connectivity index (χ1n) is 8.53. The fourth-order valence-electron chi connectivity index (χ4n) is 3.55. The molecular weight excluding hydrogens is 266 g/mol. The van der Waals surface area contributed by atoms with Crippen molar-refractivity contribution < 1.29 is 9.53 Å². The second kappa shape index (κ2) is 8.71. The molecule has 0 bridgehead atoms. The third-order valence-electron chi connectivity index (χ3n) is 4.94. The number of rotatable bonds is 7. The molecule has 0 spiro atoms. The number of carbonyl (C=O) groups is 1. The summed E-state index contributed by atoms with van der Waals surface area (Å²) < 4.78 is 5.64. The normalized spacial score (nSPS) is 23.3. The molecule has 5 nitrogen and oxygen atoms in total. The van der Waals surface area contributed by atoms with Gasteiger partial charge in [-0.1, -0.05) is 0 Å². The Morgan fingerprint density at radius 1 is 1.29 bits per heavy atom. The molecular formula is C16H31N3O2. The molecule has 2 fully saturated rings. The minimum absolute atomic E-state index is 0.0474. The van der Waals surface area contributed by atoms with E-state index in [1.807, 2.05) is 7.05 Å². The Morgan fingerprint density at radius 3 is 2.52 bits per heavy atom. The molecule has 0 radical (unpaired) electrons. The van der Waals surface area contributed by atoms with Gasteiger partial charge < -0.3 is 20.7 Å². The van der Waals surface area contributed by atoms with Crippen LogP contribution in [0.5, 0.6) is 0 Å². The van der Waals surface area contributed by atoms with Gasteiger partial charge >= 0.3 is 5.97 Å². The van der Waals surface area contributed by atoms with E-state index in [-0.39, 0.29) is 18.1 Å². The van der Waals surface area contributed by atoms with Crippen molar-refractivity contribution in [3.8, 4) is 0 Å². The van der Waals surface area contributed by atoms with Crippen molar-refractivity contribution in [1.82, 2.24) is 10.2 Å². The van der Waals surface area contributed by atoms with Crippen LogP contribution in [0.2, 0.25) is 0 Å². The van der Waals surface area contributed by atoms with Gasteiger partial charge in [0.1, 0.15) is 12.1 Å². The number of hydrogen-bond acceptors (Lipinski definition) is 5. The lowest BCUT2D eigenvalue weighted by Crippen LogP contribution is -2.42. The van der Waals surface area contributed by atoms with E-state index in [1.165, 1.54) is 12.8 Å². The van der Waals surface area contributed by atoms with Crippen LogP contribution in [0.15, 0.2) is 0 Å². The van der Waals surface area contributed by atoms with E-state index in [0.29, 0.717) is 5.92 Å². The van der Waals surface area contributed by atoms with Gasteiger partial charge in [0.05, 0.1) is 0 Å². The summed E-state index contributed by atoms with van der Waals surface area (Å²) in [5.41, 5.74) is 5.60. The van der Waals surface area contributed by atoms with Gasteiger partial charge in [-0.2, -0.15) is 0 Å². The van der Waals surface area contributed by atoms with Gasteiger partial charge in [-0.3, -0.25) is 4.79 Å². The molecule has 1 saturated carbocycles. The molecule has 5 heteroatoms. The Kier molecular flexibility index (Phi) is 6.93. The van der Waals surface area contributed by atoms with Crippen LogP contribution in [-0.4, -0.2) is 56.2 Å². The number of ether oxygens (including phenoxy) is 1. The lowest BCUT2D eigenvalue weighted by Gasteiger charge is -2.33. The lowest BCUT2D eigenvalue weighted by molar-refractivity contribution is -0.151. The van der Waals surface area contributed by atoms with Crippen molar-refractivity contribution in [2.45, 2.75) is 57.1 Å². The highest BCUT2D eigenvalue weighted by molar-refractivity contribution is 5.75. The highest BCUT2D eigenvalue weighted by Gasteiger charge is 2.28. The fourth-order valence-corrected chi connectivity index (χ4v) is 3.55. The predicted molar refractivity (Wildman–Crippen MR) is 84.0 cm³/mol. The van der Waals surface area contributed by atoms with E-state index in [0.717, 1.165) is 58.3 Å². The van der Waals surface area contributed by atoms with Crippen molar-refractivity contribution in [1.29, 1.82) is 0 Å². The molecule has 2 aliphatic rings. The summed E-state index contributed by atoms with van der Waals surface area (Å²) >= 11 is 0. The highest BCUT2D eigenvalue weighted by atomic mass is 16.5. The lowest BCUT2D eigenvalue weighted by atomic mass is 9.90. The summed E-state index contributed by atoms with van der Waals surface area (Å²) in [6, 6.07) is -0.142. The molecule has 122 valence electrons. The maximum atomic E-state index is 12.3. The zero-order valence-electron chi connectivity index (χ0n) is 13.4. The third kappa shape index (κ3) is 5.24. The van der Waals surface area contributed by atoms with Crippen LogP contribution in [0, 0.1) is 5.92 Å². The number of piperidine rings is 1. The SMILES string of the molecule is CNC(CC1CCN(CCN)CC1)C(=O)OC1CCCC1. The molecule has 3 N–H and O–H groups in total. The summed E-state index contributed by atoms with van der Waals surface area (Å²) in [4.78, 5) is 14.7. The number of nitrogens with one attached hydrogen (secondary N) is 1. The monoisotopic (exact) mass is 297 g/mol. The summed E-state index contributed by atoms with van der Waals surface area (Å²) in [5, 5.41) is 3.15. The second-order valence-electron chi connectivity index (χ2n) is 6.49. The van der Waals surface area contributed by atoms with E-state index >= 15 is 0 Å². The summed E-state index contributed by atoms with van der Waals surface area (Å²) in [7, 11) is 1.87. The molecule has 0 aromatic carbocycles. The second-order valence-corrected chi connectivity index (χ2v) is 6.49. The molecule has 2 rings (SSSR count). The number of likely N-dealkylation sites (N-methyl/N-ethyl adjacent to an activating group) is 1. The largest absolute Gasteiger partial charge is 0.461 e. The fraction of sp³-hybridized carbons (Fsp3) is 0.938. The number of hydrogen-bond donors (Lipinski definition) is 2. The molecule has 0 aromatic rings. The summed E-state index contributed by atoms with van der Waals surface area (Å²) in [6.45, 7) is 3.94. The molecule has 1 heterocycles. The number of likely N-dealkylation sites (tertiary alicyclic amines) is 1. The van der Waals surface area contributed by atoms with Crippen LogP contribution >= 0.6 is 0 Å². The van der Waals surface area contributed by atoms with Gasteiger partial charge in [0.15, 0.2) is 0 Å². The molecule has 0 aromatic heterocycles. The first-order chi connectivity index (χ1) is 10.2. The first kappa shape index (κ1) is 16.7. The molecule has 1 aliphatic heterocycles. The number of nitrogens with zero attached hydrogens (tertiary/aromatic N) is 1. The van der Waals surface area contributed by atoms with Crippen molar-refractivity contribution in [2.24, 2.45) is 11.7 Å². The average Bonchev–Trinajstić information content (AvgIpc) is 2.99. The van der Waals surface area contributed by atoms with Crippen molar-refractivity contribution in [3.05, 3.63) is 0 Å². The standard InChI is InChI=1S/C16H31N3O2/c1-18-15(16(20)21-14-4-2-3-5-14)12-13-6-9-19(10-7-13)11-8-17/h13-15,18H,2-12,17H2,1H3. The van der Waals surface area contributed by atoms with E-state index in [9.17, 15) is 4.79 Å². The van der Waals surface area contributed by atoms with Gasteiger partial charge in [-0.25, -0.2) is 0 Å². The highest BCUT2D eigenvalue weighted by Crippen LogP contribution is 2.24.